The van der Waals surface area contributed by atoms with Crippen molar-refractivity contribution in [3.8, 4) is 0 Å². The van der Waals surface area contributed by atoms with Crippen LogP contribution in [0.5, 0.6) is 0 Å². The van der Waals surface area contributed by atoms with E-state index in [-0.39, 0.29) is 10.8 Å². The average molecular weight is 481 g/mol. The normalized spacial score (nSPS) is 11.2. The molecule has 7 nitrogen and oxygen atoms in total. The fourth-order valence-electron chi connectivity index (χ4n) is 3.12. The third-order valence-corrected chi connectivity index (χ3v) is 6.68. The summed E-state index contributed by atoms with van der Waals surface area (Å²) in [6.07, 6.45) is 3.12. The lowest BCUT2D eigenvalue weighted by Gasteiger charge is -2.09. The van der Waals surface area contributed by atoms with E-state index in [0.29, 0.717) is 28.5 Å². The van der Waals surface area contributed by atoms with Crippen LogP contribution in [-0.4, -0.2) is 24.1 Å². The zero-order valence-corrected chi connectivity index (χ0v) is 19.3. The Morgan fingerprint density at radius 1 is 0.970 bits per heavy atom. The highest BCUT2D eigenvalue weighted by Gasteiger charge is 2.14. The molecule has 0 bridgehead atoms. The molecule has 4 aromatic rings. The molecule has 1 heterocycles. The van der Waals surface area contributed by atoms with Gasteiger partial charge in [0.15, 0.2) is 0 Å². The summed E-state index contributed by atoms with van der Waals surface area (Å²) in [5, 5.41) is 7.64. The molecule has 2 N–H and O–H groups in total. The van der Waals surface area contributed by atoms with Crippen LogP contribution in [0.2, 0.25) is 5.02 Å². The average Bonchev–Trinajstić information content (AvgIpc) is 3.26. The molecule has 33 heavy (non-hydrogen) atoms. The van der Waals surface area contributed by atoms with Crippen LogP contribution in [0.1, 0.15) is 21.5 Å². The van der Waals surface area contributed by atoms with E-state index < -0.39 is 10.0 Å². The Balaban J connectivity index is 1.39. The Labute approximate surface area is 197 Å². The van der Waals surface area contributed by atoms with Gasteiger partial charge in [0.2, 0.25) is 0 Å². The number of amides is 1. The van der Waals surface area contributed by atoms with Crippen LogP contribution in [0.25, 0.3) is 0 Å². The van der Waals surface area contributed by atoms with Crippen molar-refractivity contribution in [1.82, 2.24) is 9.78 Å². The summed E-state index contributed by atoms with van der Waals surface area (Å²) in [5.41, 5.74) is 3.19. The molecule has 0 saturated heterocycles. The maximum Gasteiger partial charge on any atom is 0.261 e. The largest absolute Gasteiger partial charge is 0.322 e. The Morgan fingerprint density at radius 3 is 2.33 bits per heavy atom. The number of aryl methyl sites for hydroxylation is 1. The van der Waals surface area contributed by atoms with Gasteiger partial charge >= 0.3 is 0 Å². The van der Waals surface area contributed by atoms with Gasteiger partial charge in [0.25, 0.3) is 15.9 Å². The number of carbonyl (C=O) groups is 1. The predicted octanol–water partition coefficient (Wildman–Crippen LogP) is 4.95. The third-order valence-electron chi connectivity index (χ3n) is 4.91. The number of rotatable bonds is 7. The second-order valence-corrected chi connectivity index (χ2v) is 9.56. The standard InChI is InChI=1S/C24H21ClN4O3S/c1-17-6-12-22(13-7-17)33(31,32)28-21-10-8-20(9-11-21)27-24(30)19-14-26-29(16-19)15-18-4-2-3-5-23(18)25/h2-14,16,28H,15H2,1H3,(H,27,30). The molecule has 0 spiro atoms. The lowest BCUT2D eigenvalue weighted by Crippen LogP contribution is -2.13. The molecule has 0 unspecified atom stereocenters. The van der Waals surface area contributed by atoms with Gasteiger partial charge in [0.05, 0.1) is 23.2 Å². The van der Waals surface area contributed by atoms with E-state index in [9.17, 15) is 13.2 Å². The molecule has 0 aliphatic rings. The van der Waals surface area contributed by atoms with Gasteiger partial charge in [0.1, 0.15) is 0 Å². The quantitative estimate of drug-likeness (QED) is 0.391. The number of halogens is 1. The number of hydrogen-bond donors (Lipinski definition) is 2. The summed E-state index contributed by atoms with van der Waals surface area (Å²) in [5.74, 6) is -0.326. The monoisotopic (exact) mass is 480 g/mol. The number of hydrogen-bond acceptors (Lipinski definition) is 4. The highest BCUT2D eigenvalue weighted by Crippen LogP contribution is 2.20. The first-order chi connectivity index (χ1) is 15.8. The van der Waals surface area contributed by atoms with Crippen LogP contribution >= 0.6 is 11.6 Å². The zero-order valence-electron chi connectivity index (χ0n) is 17.7. The summed E-state index contributed by atoms with van der Waals surface area (Å²) >= 11 is 6.18. The van der Waals surface area contributed by atoms with Gasteiger partial charge < -0.3 is 5.32 Å². The lowest BCUT2D eigenvalue weighted by molar-refractivity contribution is 0.102. The summed E-state index contributed by atoms with van der Waals surface area (Å²) in [6, 6.07) is 20.5. The number of nitrogens with zero attached hydrogens (tertiary/aromatic N) is 2. The van der Waals surface area contributed by atoms with Gasteiger partial charge in [-0.3, -0.25) is 14.2 Å². The molecule has 0 radical (unpaired) electrons. The fourth-order valence-corrected chi connectivity index (χ4v) is 4.38. The van der Waals surface area contributed by atoms with Gasteiger partial charge in [-0.1, -0.05) is 47.5 Å². The summed E-state index contributed by atoms with van der Waals surface area (Å²) in [6.45, 7) is 2.34. The van der Waals surface area contributed by atoms with Crippen LogP contribution in [0.15, 0.2) is 90.1 Å². The van der Waals surface area contributed by atoms with Crippen molar-refractivity contribution in [1.29, 1.82) is 0 Å². The second kappa shape index (κ2) is 9.48. The molecule has 0 aliphatic heterocycles. The molecule has 3 aromatic carbocycles. The maximum atomic E-state index is 12.6. The van der Waals surface area contributed by atoms with Crippen molar-refractivity contribution in [2.24, 2.45) is 0 Å². The van der Waals surface area contributed by atoms with E-state index >= 15 is 0 Å². The molecule has 0 saturated carbocycles. The molecule has 1 aromatic heterocycles. The molecule has 0 atom stereocenters. The van der Waals surface area contributed by atoms with Crippen molar-refractivity contribution in [2.45, 2.75) is 18.4 Å². The Bertz CT molecular complexity index is 1380. The van der Waals surface area contributed by atoms with Gasteiger partial charge in [0, 0.05) is 22.6 Å². The minimum absolute atomic E-state index is 0.180. The molecule has 168 valence electrons. The van der Waals surface area contributed by atoms with Crippen molar-refractivity contribution in [3.05, 3.63) is 107 Å². The molecule has 0 aliphatic carbocycles. The van der Waals surface area contributed by atoms with Crippen LogP contribution in [-0.2, 0) is 16.6 Å². The Kier molecular flexibility index (Phi) is 6.48. The van der Waals surface area contributed by atoms with E-state index in [4.69, 9.17) is 11.6 Å². The maximum absolute atomic E-state index is 12.6. The highest BCUT2D eigenvalue weighted by atomic mass is 35.5. The van der Waals surface area contributed by atoms with Gasteiger partial charge in [-0.2, -0.15) is 5.10 Å². The third kappa shape index (κ3) is 5.60. The first kappa shape index (κ1) is 22.6. The van der Waals surface area contributed by atoms with E-state index in [1.165, 1.54) is 6.20 Å². The van der Waals surface area contributed by atoms with Crippen molar-refractivity contribution < 1.29 is 13.2 Å². The van der Waals surface area contributed by atoms with E-state index in [1.54, 1.807) is 65.5 Å². The minimum Gasteiger partial charge on any atom is -0.322 e. The predicted molar refractivity (Wildman–Crippen MR) is 129 cm³/mol. The topological polar surface area (TPSA) is 93.1 Å². The number of anilines is 2. The highest BCUT2D eigenvalue weighted by molar-refractivity contribution is 7.92. The van der Waals surface area contributed by atoms with Crippen LogP contribution in [0.3, 0.4) is 0 Å². The number of benzene rings is 3. The number of nitrogens with one attached hydrogen (secondary N) is 2. The van der Waals surface area contributed by atoms with E-state index in [2.05, 4.69) is 15.1 Å². The SMILES string of the molecule is Cc1ccc(S(=O)(=O)Nc2ccc(NC(=O)c3cnn(Cc4ccccc4Cl)c3)cc2)cc1. The zero-order chi connectivity index (χ0) is 23.4. The smallest absolute Gasteiger partial charge is 0.261 e. The summed E-state index contributed by atoms with van der Waals surface area (Å²) in [4.78, 5) is 12.8. The molecule has 9 heteroatoms. The first-order valence-electron chi connectivity index (χ1n) is 10.1. The van der Waals surface area contributed by atoms with Crippen molar-refractivity contribution >= 4 is 38.9 Å². The summed E-state index contributed by atoms with van der Waals surface area (Å²) in [7, 11) is -3.69. The Hall–Kier alpha value is -3.62. The van der Waals surface area contributed by atoms with Crippen LogP contribution < -0.4 is 10.0 Å². The van der Waals surface area contributed by atoms with E-state index in [0.717, 1.165) is 11.1 Å². The number of carbonyl (C=O) groups excluding carboxylic acids is 1. The molecular weight excluding hydrogens is 460 g/mol. The first-order valence-corrected chi connectivity index (χ1v) is 11.9. The van der Waals surface area contributed by atoms with Crippen molar-refractivity contribution in [2.75, 3.05) is 10.0 Å². The van der Waals surface area contributed by atoms with Gasteiger partial charge in [-0.25, -0.2) is 8.42 Å². The van der Waals surface area contributed by atoms with E-state index in [1.807, 2.05) is 25.1 Å². The summed E-state index contributed by atoms with van der Waals surface area (Å²) < 4.78 is 29.2. The Morgan fingerprint density at radius 2 is 1.64 bits per heavy atom. The number of sulfonamides is 1. The second-order valence-electron chi connectivity index (χ2n) is 7.47. The minimum atomic E-state index is -3.69. The van der Waals surface area contributed by atoms with Crippen LogP contribution in [0.4, 0.5) is 11.4 Å². The molecule has 1 amide bonds. The lowest BCUT2D eigenvalue weighted by atomic mass is 10.2. The molecule has 4 rings (SSSR count). The van der Waals surface area contributed by atoms with Gasteiger partial charge in [-0.15, -0.1) is 0 Å². The molecule has 0 fully saturated rings. The van der Waals surface area contributed by atoms with Crippen LogP contribution in [0, 0.1) is 6.92 Å². The fraction of sp³-hybridized carbons (Fsp3) is 0.0833. The number of aromatic nitrogens is 2. The molecular formula is C24H21ClN4O3S. The van der Waals surface area contributed by atoms with Crippen molar-refractivity contribution in [3.63, 3.8) is 0 Å². The van der Waals surface area contributed by atoms with Gasteiger partial charge in [-0.05, 0) is 55.0 Å².